The quantitative estimate of drug-likeness (QED) is 0.652. The van der Waals surface area contributed by atoms with Gasteiger partial charge < -0.3 is 5.73 Å². The highest BCUT2D eigenvalue weighted by Gasteiger charge is 2.14. The zero-order valence-corrected chi connectivity index (χ0v) is 8.43. The van der Waals surface area contributed by atoms with Gasteiger partial charge in [0.15, 0.2) is 0 Å². The molecule has 68 valence electrons. The van der Waals surface area contributed by atoms with Crippen LogP contribution in [0.1, 0.15) is 47.0 Å². The molecule has 0 bridgehead atoms. The van der Waals surface area contributed by atoms with Crippen molar-refractivity contribution in [3.05, 3.63) is 0 Å². The molecule has 0 heterocycles. The minimum absolute atomic E-state index is 0.366. The molecular formula is C10H23N. The summed E-state index contributed by atoms with van der Waals surface area (Å²) in [4.78, 5) is 0. The average Bonchev–Trinajstić information content (AvgIpc) is 1.88. The van der Waals surface area contributed by atoms with Crippen LogP contribution in [0.5, 0.6) is 0 Å². The highest BCUT2D eigenvalue weighted by atomic mass is 14.6. The van der Waals surface area contributed by atoms with Crippen molar-refractivity contribution in [3.63, 3.8) is 0 Å². The molecule has 0 rings (SSSR count). The van der Waals surface area contributed by atoms with Gasteiger partial charge in [0.05, 0.1) is 0 Å². The van der Waals surface area contributed by atoms with Gasteiger partial charge in [0.1, 0.15) is 0 Å². The van der Waals surface area contributed by atoms with E-state index in [4.69, 9.17) is 5.73 Å². The van der Waals surface area contributed by atoms with Gasteiger partial charge in [-0.2, -0.15) is 0 Å². The third-order valence-electron chi connectivity index (χ3n) is 2.60. The highest BCUT2D eigenvalue weighted by molar-refractivity contribution is 4.67. The second kappa shape index (κ2) is 5.59. The van der Waals surface area contributed by atoms with Gasteiger partial charge in [0.25, 0.3) is 0 Å². The van der Waals surface area contributed by atoms with E-state index in [0.717, 1.165) is 11.8 Å². The third kappa shape index (κ3) is 4.41. The van der Waals surface area contributed by atoms with Crippen molar-refractivity contribution in [1.82, 2.24) is 0 Å². The summed E-state index contributed by atoms with van der Waals surface area (Å²) in [5.41, 5.74) is 5.74. The molecule has 0 fully saturated rings. The molecular weight excluding hydrogens is 134 g/mol. The topological polar surface area (TPSA) is 26.0 Å². The van der Waals surface area contributed by atoms with Crippen LogP contribution in [0, 0.1) is 11.8 Å². The van der Waals surface area contributed by atoms with Crippen LogP contribution >= 0.6 is 0 Å². The normalized spacial score (nSPS) is 16.9. The highest BCUT2D eigenvalue weighted by Crippen LogP contribution is 2.22. The van der Waals surface area contributed by atoms with Crippen LogP contribution in [0.25, 0.3) is 0 Å². The summed E-state index contributed by atoms with van der Waals surface area (Å²) in [6.45, 7) is 8.96. The van der Waals surface area contributed by atoms with Crippen molar-refractivity contribution in [1.29, 1.82) is 0 Å². The summed E-state index contributed by atoms with van der Waals surface area (Å²) in [5, 5.41) is 0. The van der Waals surface area contributed by atoms with Gasteiger partial charge in [-0.1, -0.05) is 33.6 Å². The Kier molecular flexibility index (Phi) is 5.57. The lowest BCUT2D eigenvalue weighted by atomic mass is 9.85. The van der Waals surface area contributed by atoms with Crippen molar-refractivity contribution in [2.75, 3.05) is 0 Å². The molecule has 0 aromatic carbocycles. The fraction of sp³-hybridized carbons (Fsp3) is 1.00. The second-order valence-electron chi connectivity index (χ2n) is 3.77. The maximum atomic E-state index is 5.74. The molecule has 0 amide bonds. The van der Waals surface area contributed by atoms with Gasteiger partial charge in [0, 0.05) is 6.04 Å². The molecule has 0 aliphatic carbocycles. The smallest absolute Gasteiger partial charge is 0.00131 e. The summed E-state index contributed by atoms with van der Waals surface area (Å²) in [5.74, 6) is 1.67. The first-order valence-corrected chi connectivity index (χ1v) is 4.87. The Morgan fingerprint density at radius 3 is 1.82 bits per heavy atom. The molecule has 0 saturated carbocycles. The Labute approximate surface area is 71.4 Å². The molecule has 0 aromatic heterocycles. The number of nitrogens with two attached hydrogens (primary N) is 1. The van der Waals surface area contributed by atoms with Gasteiger partial charge in [-0.25, -0.2) is 0 Å². The molecule has 2 atom stereocenters. The van der Waals surface area contributed by atoms with Crippen molar-refractivity contribution >= 4 is 0 Å². The van der Waals surface area contributed by atoms with E-state index in [2.05, 4.69) is 27.7 Å². The van der Waals surface area contributed by atoms with Crippen LogP contribution in [0.3, 0.4) is 0 Å². The summed E-state index contributed by atoms with van der Waals surface area (Å²) < 4.78 is 0. The largest absolute Gasteiger partial charge is 0.328 e. The number of hydrogen-bond acceptors (Lipinski definition) is 1. The maximum absolute atomic E-state index is 5.74. The molecule has 1 heteroatoms. The standard InChI is InChI=1S/C10H23N/c1-5-10(6-2)8(3)7-9(4)11/h8-10H,5-7,11H2,1-4H3. The zero-order valence-electron chi connectivity index (χ0n) is 8.43. The van der Waals surface area contributed by atoms with E-state index in [1.165, 1.54) is 19.3 Å². The minimum atomic E-state index is 0.366. The molecule has 11 heavy (non-hydrogen) atoms. The van der Waals surface area contributed by atoms with Crippen LogP contribution in [0.4, 0.5) is 0 Å². The second-order valence-corrected chi connectivity index (χ2v) is 3.77. The first-order valence-electron chi connectivity index (χ1n) is 4.87. The first kappa shape index (κ1) is 11.0. The van der Waals surface area contributed by atoms with Crippen LogP contribution in [-0.2, 0) is 0 Å². The Balaban J connectivity index is 3.68. The first-order chi connectivity index (χ1) is 5.11. The lowest BCUT2D eigenvalue weighted by Gasteiger charge is -2.22. The summed E-state index contributed by atoms with van der Waals surface area (Å²) >= 11 is 0. The van der Waals surface area contributed by atoms with Crippen molar-refractivity contribution in [3.8, 4) is 0 Å². The fourth-order valence-electron chi connectivity index (χ4n) is 1.87. The average molecular weight is 157 g/mol. The Hall–Kier alpha value is -0.0400. The SMILES string of the molecule is CCC(CC)C(C)CC(C)N. The van der Waals surface area contributed by atoms with E-state index < -0.39 is 0 Å². The van der Waals surface area contributed by atoms with E-state index in [0.29, 0.717) is 6.04 Å². The van der Waals surface area contributed by atoms with E-state index in [1.807, 2.05) is 0 Å². The van der Waals surface area contributed by atoms with E-state index in [1.54, 1.807) is 0 Å². The molecule has 0 aromatic rings. The van der Waals surface area contributed by atoms with Crippen LogP contribution in [-0.4, -0.2) is 6.04 Å². The van der Waals surface area contributed by atoms with Gasteiger partial charge in [0.2, 0.25) is 0 Å². The molecule has 0 aliphatic rings. The predicted octanol–water partition coefficient (Wildman–Crippen LogP) is 2.80. The van der Waals surface area contributed by atoms with Gasteiger partial charge in [-0.3, -0.25) is 0 Å². The van der Waals surface area contributed by atoms with E-state index in [-0.39, 0.29) is 0 Å². The zero-order chi connectivity index (χ0) is 8.85. The molecule has 1 nitrogen and oxygen atoms in total. The Bertz CT molecular complexity index is 84.9. The lowest BCUT2D eigenvalue weighted by Crippen LogP contribution is -2.22. The molecule has 0 saturated heterocycles. The Morgan fingerprint density at radius 2 is 1.55 bits per heavy atom. The van der Waals surface area contributed by atoms with Crippen LogP contribution in [0.15, 0.2) is 0 Å². The molecule has 2 N–H and O–H groups in total. The van der Waals surface area contributed by atoms with Crippen molar-refractivity contribution < 1.29 is 0 Å². The summed E-state index contributed by atoms with van der Waals surface area (Å²) in [6.07, 6.45) is 3.76. The summed E-state index contributed by atoms with van der Waals surface area (Å²) in [7, 11) is 0. The van der Waals surface area contributed by atoms with Gasteiger partial charge in [-0.15, -0.1) is 0 Å². The fourth-order valence-corrected chi connectivity index (χ4v) is 1.87. The van der Waals surface area contributed by atoms with Crippen LogP contribution in [0.2, 0.25) is 0 Å². The van der Waals surface area contributed by atoms with E-state index >= 15 is 0 Å². The van der Waals surface area contributed by atoms with Crippen molar-refractivity contribution in [2.45, 2.75) is 53.0 Å². The number of hydrogen-bond donors (Lipinski definition) is 1. The van der Waals surface area contributed by atoms with Crippen molar-refractivity contribution in [2.24, 2.45) is 17.6 Å². The van der Waals surface area contributed by atoms with Crippen LogP contribution < -0.4 is 5.73 Å². The van der Waals surface area contributed by atoms with Gasteiger partial charge in [-0.05, 0) is 25.2 Å². The summed E-state index contributed by atoms with van der Waals surface area (Å²) in [6, 6.07) is 0.366. The predicted molar refractivity (Wildman–Crippen MR) is 51.5 cm³/mol. The number of rotatable bonds is 5. The Morgan fingerprint density at radius 1 is 1.09 bits per heavy atom. The monoisotopic (exact) mass is 157 g/mol. The lowest BCUT2D eigenvalue weighted by molar-refractivity contribution is 0.304. The molecule has 2 unspecified atom stereocenters. The minimum Gasteiger partial charge on any atom is -0.328 e. The molecule has 0 radical (unpaired) electrons. The van der Waals surface area contributed by atoms with Gasteiger partial charge >= 0.3 is 0 Å². The molecule has 0 spiro atoms. The maximum Gasteiger partial charge on any atom is 0.00131 e. The molecule has 0 aliphatic heterocycles. The van der Waals surface area contributed by atoms with E-state index in [9.17, 15) is 0 Å². The third-order valence-corrected chi connectivity index (χ3v) is 2.60.